The molecule has 0 aliphatic heterocycles. The lowest BCUT2D eigenvalue weighted by Gasteiger charge is -2.07. The van der Waals surface area contributed by atoms with Gasteiger partial charge in [-0.15, -0.1) is 0 Å². The van der Waals surface area contributed by atoms with Crippen molar-refractivity contribution in [1.82, 2.24) is 9.66 Å². The van der Waals surface area contributed by atoms with Crippen LogP contribution in [0.4, 0.5) is 5.69 Å². The first-order chi connectivity index (χ1) is 16.3. The Labute approximate surface area is 203 Å². The molecule has 11 heteroatoms. The topological polar surface area (TPSA) is 124 Å². The fraction of sp³-hybridized carbons (Fsp3) is 0. The van der Waals surface area contributed by atoms with Gasteiger partial charge in [0.1, 0.15) is 5.58 Å². The van der Waals surface area contributed by atoms with E-state index in [1.54, 1.807) is 48.5 Å². The lowest BCUT2D eigenvalue weighted by molar-refractivity contribution is -0.386. The van der Waals surface area contributed by atoms with Crippen LogP contribution in [0.2, 0.25) is 5.02 Å². The molecule has 3 aromatic carbocycles. The number of fused-ring (bicyclic) bond motifs is 2. The summed E-state index contributed by atoms with van der Waals surface area (Å²) in [5.41, 5.74) is 0.321. The number of hydrogen-bond donors (Lipinski definition) is 1. The van der Waals surface area contributed by atoms with E-state index in [9.17, 15) is 20.0 Å². The number of furan rings is 1. The standard InChI is InChI=1S/C23H12BrClN4O5/c24-16-7-12(8-18(21(16)30)29(32)33)11-26-28-22(27-17-4-2-1-3-15(17)23(28)31)20-10-13-9-14(25)5-6-19(13)34-20/h1-11,30H. The molecule has 2 heterocycles. The third kappa shape index (κ3) is 3.82. The molecular weight excluding hydrogens is 528 g/mol. The highest BCUT2D eigenvalue weighted by molar-refractivity contribution is 9.10. The van der Waals surface area contributed by atoms with Crippen molar-refractivity contribution in [1.29, 1.82) is 0 Å². The lowest BCUT2D eigenvalue weighted by atomic mass is 10.2. The van der Waals surface area contributed by atoms with Gasteiger partial charge in [-0.25, -0.2) is 4.98 Å². The van der Waals surface area contributed by atoms with Crippen LogP contribution in [0.15, 0.2) is 79.4 Å². The average molecular weight is 540 g/mol. The van der Waals surface area contributed by atoms with E-state index in [-0.39, 0.29) is 21.6 Å². The number of aromatic nitrogens is 2. The Morgan fingerprint density at radius 1 is 1.18 bits per heavy atom. The van der Waals surface area contributed by atoms with Gasteiger partial charge in [0.05, 0.1) is 26.5 Å². The molecule has 0 unspecified atom stereocenters. The Bertz CT molecular complexity index is 1710. The fourth-order valence-electron chi connectivity index (χ4n) is 3.46. The highest BCUT2D eigenvalue weighted by Gasteiger charge is 2.19. The van der Waals surface area contributed by atoms with E-state index in [1.165, 1.54) is 12.3 Å². The van der Waals surface area contributed by atoms with Gasteiger partial charge in [-0.05, 0) is 58.4 Å². The van der Waals surface area contributed by atoms with E-state index in [0.717, 1.165) is 16.1 Å². The number of nitro benzene ring substituents is 1. The van der Waals surface area contributed by atoms with Crippen LogP contribution < -0.4 is 5.56 Å². The monoisotopic (exact) mass is 538 g/mol. The van der Waals surface area contributed by atoms with E-state index in [4.69, 9.17) is 16.0 Å². The highest BCUT2D eigenvalue weighted by atomic mass is 79.9. The number of para-hydroxylation sites is 1. The zero-order chi connectivity index (χ0) is 24.0. The van der Waals surface area contributed by atoms with Crippen molar-refractivity contribution in [3.05, 3.63) is 96.2 Å². The highest BCUT2D eigenvalue weighted by Crippen LogP contribution is 2.34. The summed E-state index contributed by atoms with van der Waals surface area (Å²) in [5, 5.41) is 27.0. The normalized spacial score (nSPS) is 11.6. The smallest absolute Gasteiger partial charge is 0.312 e. The number of rotatable bonds is 4. The second-order valence-corrected chi connectivity index (χ2v) is 8.53. The van der Waals surface area contributed by atoms with Gasteiger partial charge in [0, 0.05) is 22.0 Å². The molecule has 5 rings (SSSR count). The van der Waals surface area contributed by atoms with Crippen LogP contribution in [0.1, 0.15) is 5.56 Å². The SMILES string of the molecule is O=c1c2ccccc2nc(-c2cc3cc(Cl)ccc3o2)n1N=Cc1cc(Br)c(O)c([N+](=O)[O-])c1. The Morgan fingerprint density at radius 3 is 2.76 bits per heavy atom. The Kier molecular flexibility index (Phi) is 5.39. The van der Waals surface area contributed by atoms with Crippen LogP contribution in [0.25, 0.3) is 33.5 Å². The molecule has 0 aliphatic carbocycles. The molecule has 0 bridgehead atoms. The van der Waals surface area contributed by atoms with Gasteiger partial charge in [0.15, 0.2) is 5.76 Å². The Hall–Kier alpha value is -4.02. The molecule has 0 saturated heterocycles. The number of nitro groups is 1. The number of aromatic hydroxyl groups is 1. The van der Waals surface area contributed by atoms with Crippen molar-refractivity contribution in [2.45, 2.75) is 0 Å². The van der Waals surface area contributed by atoms with Gasteiger partial charge < -0.3 is 9.52 Å². The molecule has 0 fully saturated rings. The predicted molar refractivity (Wildman–Crippen MR) is 132 cm³/mol. The minimum atomic E-state index is -0.716. The molecule has 0 atom stereocenters. The summed E-state index contributed by atoms with van der Waals surface area (Å²) < 4.78 is 7.08. The summed E-state index contributed by atoms with van der Waals surface area (Å²) in [7, 11) is 0. The minimum absolute atomic E-state index is 0.113. The summed E-state index contributed by atoms with van der Waals surface area (Å²) >= 11 is 9.17. The molecule has 0 amide bonds. The Balaban J connectivity index is 1.72. The molecule has 1 N–H and O–H groups in total. The van der Waals surface area contributed by atoms with E-state index in [0.29, 0.717) is 21.5 Å². The number of hydrogen-bond acceptors (Lipinski definition) is 7. The van der Waals surface area contributed by atoms with Crippen molar-refractivity contribution in [2.75, 3.05) is 0 Å². The molecular formula is C23H12BrClN4O5. The zero-order valence-electron chi connectivity index (χ0n) is 17.0. The molecule has 168 valence electrons. The van der Waals surface area contributed by atoms with E-state index < -0.39 is 21.9 Å². The fourth-order valence-corrected chi connectivity index (χ4v) is 4.11. The number of benzene rings is 3. The molecule has 0 aliphatic rings. The first-order valence-corrected chi connectivity index (χ1v) is 10.9. The zero-order valence-corrected chi connectivity index (χ0v) is 19.3. The van der Waals surface area contributed by atoms with Crippen LogP contribution in [0.5, 0.6) is 5.75 Å². The summed E-state index contributed by atoms with van der Waals surface area (Å²) in [6, 6.07) is 16.2. The number of phenolic OH excluding ortho intramolecular Hbond substituents is 1. The van der Waals surface area contributed by atoms with Crippen molar-refractivity contribution in [2.24, 2.45) is 5.10 Å². The van der Waals surface area contributed by atoms with Gasteiger partial charge in [-0.3, -0.25) is 14.9 Å². The second kappa shape index (κ2) is 8.40. The summed E-state index contributed by atoms with van der Waals surface area (Å²) in [6.07, 6.45) is 1.26. The third-order valence-corrected chi connectivity index (χ3v) is 5.88. The predicted octanol–water partition coefficient (Wildman–Crippen LogP) is 5.72. The third-order valence-electron chi connectivity index (χ3n) is 5.04. The lowest BCUT2D eigenvalue weighted by Crippen LogP contribution is -2.20. The number of phenols is 1. The van der Waals surface area contributed by atoms with Crippen LogP contribution in [-0.4, -0.2) is 25.9 Å². The van der Waals surface area contributed by atoms with Crippen LogP contribution in [0.3, 0.4) is 0 Å². The summed E-state index contributed by atoms with van der Waals surface area (Å²) in [5.74, 6) is -0.0805. The van der Waals surface area contributed by atoms with Crippen molar-refractivity contribution < 1.29 is 14.4 Å². The van der Waals surface area contributed by atoms with Crippen LogP contribution in [0, 0.1) is 10.1 Å². The van der Waals surface area contributed by atoms with Crippen molar-refractivity contribution in [3.8, 4) is 17.3 Å². The van der Waals surface area contributed by atoms with Gasteiger partial charge >= 0.3 is 5.69 Å². The largest absolute Gasteiger partial charge is 0.501 e. The van der Waals surface area contributed by atoms with Gasteiger partial charge in [-0.2, -0.15) is 9.78 Å². The first-order valence-electron chi connectivity index (χ1n) is 9.74. The van der Waals surface area contributed by atoms with Crippen molar-refractivity contribution >= 4 is 61.3 Å². The molecule has 2 aromatic heterocycles. The molecule has 0 radical (unpaired) electrons. The minimum Gasteiger partial charge on any atom is -0.501 e. The molecule has 0 spiro atoms. The van der Waals surface area contributed by atoms with Crippen molar-refractivity contribution in [3.63, 3.8) is 0 Å². The van der Waals surface area contributed by atoms with Crippen LogP contribution >= 0.6 is 27.5 Å². The maximum absolute atomic E-state index is 13.3. The average Bonchev–Trinajstić information content (AvgIpc) is 3.23. The summed E-state index contributed by atoms with van der Waals surface area (Å²) in [4.78, 5) is 28.4. The molecule has 5 aromatic rings. The molecule has 34 heavy (non-hydrogen) atoms. The number of nitrogens with zero attached hydrogens (tertiary/aromatic N) is 4. The maximum Gasteiger partial charge on any atom is 0.312 e. The van der Waals surface area contributed by atoms with Crippen LogP contribution in [-0.2, 0) is 0 Å². The first kappa shape index (κ1) is 21.8. The number of halogens is 2. The Morgan fingerprint density at radius 2 is 1.97 bits per heavy atom. The molecule has 0 saturated carbocycles. The van der Waals surface area contributed by atoms with E-state index >= 15 is 0 Å². The summed E-state index contributed by atoms with van der Waals surface area (Å²) in [6.45, 7) is 0. The van der Waals surface area contributed by atoms with Gasteiger partial charge in [0.25, 0.3) is 5.56 Å². The quantitative estimate of drug-likeness (QED) is 0.177. The second-order valence-electron chi connectivity index (χ2n) is 7.23. The van der Waals surface area contributed by atoms with E-state index in [1.807, 2.05) is 0 Å². The maximum atomic E-state index is 13.3. The van der Waals surface area contributed by atoms with Gasteiger partial charge in [-0.1, -0.05) is 23.7 Å². The molecule has 9 nitrogen and oxygen atoms in total. The van der Waals surface area contributed by atoms with Gasteiger partial charge in [0.2, 0.25) is 11.6 Å². The van der Waals surface area contributed by atoms with E-state index in [2.05, 4.69) is 26.0 Å².